The molecule has 1 fully saturated rings. The molecule has 1 aliphatic rings. The zero-order valence-electron chi connectivity index (χ0n) is 19.6. The van der Waals surface area contributed by atoms with Crippen molar-refractivity contribution in [2.75, 3.05) is 5.32 Å². The summed E-state index contributed by atoms with van der Waals surface area (Å²) < 4.78 is 27.3. The fourth-order valence-corrected chi connectivity index (χ4v) is 4.64. The number of aromatic nitrogens is 2. The van der Waals surface area contributed by atoms with E-state index < -0.39 is 17.0 Å². The van der Waals surface area contributed by atoms with Gasteiger partial charge in [0.1, 0.15) is 11.6 Å². The Hall–Kier alpha value is -3.35. The Labute approximate surface area is 199 Å². The minimum Gasteiger partial charge on any atom is -0.352 e. The summed E-state index contributed by atoms with van der Waals surface area (Å²) in [6.45, 7) is 4.08. The Balaban J connectivity index is 1.72. The van der Waals surface area contributed by atoms with Crippen LogP contribution in [-0.4, -0.2) is 21.9 Å². The number of carbonyl (C=O) groups is 1. The Kier molecular flexibility index (Phi) is 7.20. The lowest BCUT2D eigenvalue weighted by Crippen LogP contribution is -2.33. The molecule has 1 atom stereocenters. The molecule has 0 radical (unpaired) electrons. The zero-order chi connectivity index (χ0) is 24.1. The molecule has 4 rings (SSSR count). The van der Waals surface area contributed by atoms with Crippen molar-refractivity contribution in [1.29, 1.82) is 0 Å². The second-order valence-electron chi connectivity index (χ2n) is 8.98. The van der Waals surface area contributed by atoms with Crippen LogP contribution in [0.15, 0.2) is 54.7 Å². The molecule has 1 amide bonds. The molecular weight excluding hydrogens is 434 g/mol. The second-order valence-corrected chi connectivity index (χ2v) is 8.98. The molecule has 1 saturated carbocycles. The lowest BCUT2D eigenvalue weighted by molar-refractivity contribution is 0.0947. The predicted molar refractivity (Wildman–Crippen MR) is 129 cm³/mol. The molecule has 1 aliphatic carbocycles. The molecular formula is C27H30F2N4O. The van der Waals surface area contributed by atoms with Crippen LogP contribution in [0.1, 0.15) is 73.1 Å². The van der Waals surface area contributed by atoms with Crippen molar-refractivity contribution in [2.45, 2.75) is 64.0 Å². The van der Waals surface area contributed by atoms with Crippen LogP contribution in [0.5, 0.6) is 0 Å². The molecule has 2 N–H and O–H groups in total. The van der Waals surface area contributed by atoms with Crippen molar-refractivity contribution < 1.29 is 13.6 Å². The highest BCUT2D eigenvalue weighted by Crippen LogP contribution is 2.46. The van der Waals surface area contributed by atoms with E-state index in [0.29, 0.717) is 17.2 Å². The van der Waals surface area contributed by atoms with Gasteiger partial charge in [-0.15, -0.1) is 0 Å². The SMILES string of the molecule is CCC(C)Nc1ncc(C(=O)NCc2ccc(F)cc2F)c(C2(c3ccccc3)CCCC2)n1. The summed E-state index contributed by atoms with van der Waals surface area (Å²) in [5.41, 5.74) is 2.01. The quantitative estimate of drug-likeness (QED) is 0.445. The highest BCUT2D eigenvalue weighted by Gasteiger charge is 2.41. The van der Waals surface area contributed by atoms with Gasteiger partial charge in [0, 0.05) is 35.8 Å². The van der Waals surface area contributed by atoms with Gasteiger partial charge < -0.3 is 10.6 Å². The van der Waals surface area contributed by atoms with Gasteiger partial charge in [-0.3, -0.25) is 4.79 Å². The van der Waals surface area contributed by atoms with Crippen molar-refractivity contribution in [3.8, 4) is 0 Å². The maximum atomic E-state index is 14.1. The van der Waals surface area contributed by atoms with Crippen LogP contribution in [0.25, 0.3) is 0 Å². The van der Waals surface area contributed by atoms with Gasteiger partial charge in [-0.1, -0.05) is 56.2 Å². The molecule has 34 heavy (non-hydrogen) atoms. The van der Waals surface area contributed by atoms with Crippen LogP contribution in [0, 0.1) is 11.6 Å². The van der Waals surface area contributed by atoms with E-state index in [0.717, 1.165) is 43.7 Å². The van der Waals surface area contributed by atoms with Gasteiger partial charge in [0.2, 0.25) is 5.95 Å². The van der Waals surface area contributed by atoms with Crippen molar-refractivity contribution in [3.05, 3.63) is 88.7 Å². The molecule has 3 aromatic rings. The molecule has 0 spiro atoms. The number of amides is 1. The minimum absolute atomic E-state index is 0.0599. The van der Waals surface area contributed by atoms with Crippen LogP contribution in [-0.2, 0) is 12.0 Å². The summed E-state index contributed by atoms with van der Waals surface area (Å²) in [5.74, 6) is -1.23. The Morgan fingerprint density at radius 2 is 1.85 bits per heavy atom. The van der Waals surface area contributed by atoms with E-state index in [4.69, 9.17) is 4.98 Å². The van der Waals surface area contributed by atoms with Crippen molar-refractivity contribution in [3.63, 3.8) is 0 Å². The number of nitrogens with one attached hydrogen (secondary N) is 2. The highest BCUT2D eigenvalue weighted by atomic mass is 19.1. The molecule has 2 aromatic carbocycles. The molecule has 7 heteroatoms. The topological polar surface area (TPSA) is 66.9 Å². The molecule has 5 nitrogen and oxygen atoms in total. The summed E-state index contributed by atoms with van der Waals surface area (Å²) in [5, 5.41) is 6.10. The largest absolute Gasteiger partial charge is 0.352 e. The van der Waals surface area contributed by atoms with Crippen LogP contribution >= 0.6 is 0 Å². The molecule has 0 saturated heterocycles. The first-order valence-corrected chi connectivity index (χ1v) is 11.8. The first-order chi connectivity index (χ1) is 16.4. The lowest BCUT2D eigenvalue weighted by Gasteiger charge is -2.31. The van der Waals surface area contributed by atoms with E-state index >= 15 is 0 Å². The maximum Gasteiger partial charge on any atom is 0.255 e. The van der Waals surface area contributed by atoms with Crippen LogP contribution in [0.4, 0.5) is 14.7 Å². The van der Waals surface area contributed by atoms with Crippen LogP contribution < -0.4 is 10.6 Å². The number of nitrogens with zero attached hydrogens (tertiary/aromatic N) is 2. The maximum absolute atomic E-state index is 14.1. The first kappa shape index (κ1) is 23.8. The van der Waals surface area contributed by atoms with Crippen LogP contribution in [0.2, 0.25) is 0 Å². The standard InChI is InChI=1S/C27H30F2N4O/c1-3-18(2)32-26-31-17-22(25(34)30-16-19-11-12-21(28)15-23(19)29)24(33-26)27(13-7-8-14-27)20-9-5-4-6-10-20/h4-6,9-12,15,17-18H,3,7-8,13-14,16H2,1-2H3,(H,30,34)(H,31,32,33). The predicted octanol–water partition coefficient (Wildman–Crippen LogP) is 5.76. The van der Waals surface area contributed by atoms with Gasteiger partial charge in [0.05, 0.1) is 11.3 Å². The molecule has 0 aliphatic heterocycles. The number of hydrogen-bond acceptors (Lipinski definition) is 4. The van der Waals surface area contributed by atoms with Crippen molar-refractivity contribution in [1.82, 2.24) is 15.3 Å². The number of anilines is 1. The zero-order valence-corrected chi connectivity index (χ0v) is 19.6. The minimum atomic E-state index is -0.693. The van der Waals surface area contributed by atoms with Gasteiger partial charge in [-0.2, -0.15) is 0 Å². The Morgan fingerprint density at radius 3 is 2.53 bits per heavy atom. The molecule has 1 unspecified atom stereocenters. The molecule has 1 aromatic heterocycles. The van der Waals surface area contributed by atoms with Crippen LogP contribution in [0.3, 0.4) is 0 Å². The normalized spacial score (nSPS) is 15.6. The van der Waals surface area contributed by atoms with E-state index in [2.05, 4.69) is 41.6 Å². The number of rotatable bonds is 8. The number of carbonyl (C=O) groups excluding carboxylic acids is 1. The molecule has 178 valence electrons. The Bertz CT molecular complexity index is 1150. The summed E-state index contributed by atoms with van der Waals surface area (Å²) in [6.07, 6.45) is 6.30. The second kappa shape index (κ2) is 10.3. The lowest BCUT2D eigenvalue weighted by atomic mass is 9.74. The summed E-state index contributed by atoms with van der Waals surface area (Å²) >= 11 is 0. The Morgan fingerprint density at radius 1 is 1.12 bits per heavy atom. The third kappa shape index (κ3) is 4.93. The summed E-state index contributed by atoms with van der Waals surface area (Å²) in [7, 11) is 0. The third-order valence-corrected chi connectivity index (χ3v) is 6.71. The van der Waals surface area contributed by atoms with Gasteiger partial charge in [0.25, 0.3) is 5.91 Å². The van der Waals surface area contributed by atoms with Crippen molar-refractivity contribution >= 4 is 11.9 Å². The van der Waals surface area contributed by atoms with Gasteiger partial charge >= 0.3 is 0 Å². The van der Waals surface area contributed by atoms with E-state index in [-0.39, 0.29) is 24.1 Å². The molecule has 0 bridgehead atoms. The summed E-state index contributed by atoms with van der Waals surface area (Å²) in [6, 6.07) is 13.7. The first-order valence-electron chi connectivity index (χ1n) is 11.8. The van der Waals surface area contributed by atoms with E-state index in [9.17, 15) is 13.6 Å². The van der Waals surface area contributed by atoms with Gasteiger partial charge in [-0.25, -0.2) is 18.7 Å². The third-order valence-electron chi connectivity index (χ3n) is 6.71. The van der Waals surface area contributed by atoms with Gasteiger partial charge in [0.15, 0.2) is 0 Å². The number of hydrogen-bond donors (Lipinski definition) is 2. The van der Waals surface area contributed by atoms with Gasteiger partial charge in [-0.05, 0) is 37.8 Å². The summed E-state index contributed by atoms with van der Waals surface area (Å²) in [4.78, 5) is 22.6. The fourth-order valence-electron chi connectivity index (χ4n) is 4.64. The van der Waals surface area contributed by atoms with E-state index in [1.54, 1.807) is 6.20 Å². The van der Waals surface area contributed by atoms with E-state index in [1.165, 1.54) is 12.1 Å². The fraction of sp³-hybridized carbons (Fsp3) is 0.370. The highest BCUT2D eigenvalue weighted by molar-refractivity contribution is 5.95. The number of halogens is 2. The average molecular weight is 465 g/mol. The molecule has 1 heterocycles. The van der Waals surface area contributed by atoms with Crippen molar-refractivity contribution in [2.24, 2.45) is 0 Å². The number of benzene rings is 2. The monoisotopic (exact) mass is 464 g/mol. The average Bonchev–Trinajstić information content (AvgIpc) is 3.35. The smallest absolute Gasteiger partial charge is 0.255 e. The van der Waals surface area contributed by atoms with E-state index in [1.807, 2.05) is 18.2 Å².